The number of aliphatic hydroxyl groups is 1. The topological polar surface area (TPSA) is 69.6 Å². The minimum atomic E-state index is -0.929. The van der Waals surface area contributed by atoms with Gasteiger partial charge in [0.15, 0.2) is 0 Å². The van der Waals surface area contributed by atoms with Gasteiger partial charge in [0.25, 0.3) is 0 Å². The SMILES string of the molecule is CC(NCC(O)CC(=O)O)C12CC3CC(CC(C3)C1)C2. The third-order valence-corrected chi connectivity index (χ3v) is 6.07. The number of carbonyl (C=O) groups is 1. The Labute approximate surface area is 120 Å². The first kappa shape index (κ1) is 14.3. The van der Waals surface area contributed by atoms with Crippen molar-refractivity contribution in [2.75, 3.05) is 6.54 Å². The first-order valence-corrected chi connectivity index (χ1v) is 8.10. The first-order valence-electron chi connectivity index (χ1n) is 8.10. The molecule has 4 aliphatic carbocycles. The minimum Gasteiger partial charge on any atom is -0.481 e. The van der Waals surface area contributed by atoms with Gasteiger partial charge in [-0.25, -0.2) is 0 Å². The molecule has 4 rings (SSSR count). The summed E-state index contributed by atoms with van der Waals surface area (Å²) in [6, 6.07) is 0.388. The Morgan fingerprint density at radius 1 is 1.20 bits per heavy atom. The Morgan fingerprint density at radius 3 is 2.15 bits per heavy atom. The molecule has 3 N–H and O–H groups in total. The summed E-state index contributed by atoms with van der Waals surface area (Å²) in [5, 5.41) is 21.8. The van der Waals surface area contributed by atoms with Crippen molar-refractivity contribution in [1.82, 2.24) is 5.32 Å². The van der Waals surface area contributed by atoms with Crippen LogP contribution in [0.5, 0.6) is 0 Å². The van der Waals surface area contributed by atoms with Crippen LogP contribution < -0.4 is 5.32 Å². The van der Waals surface area contributed by atoms with E-state index in [4.69, 9.17) is 5.11 Å². The summed E-state index contributed by atoms with van der Waals surface area (Å²) < 4.78 is 0. The number of carboxylic acid groups (broad SMARTS) is 1. The smallest absolute Gasteiger partial charge is 0.306 e. The van der Waals surface area contributed by atoms with Gasteiger partial charge in [0.1, 0.15) is 0 Å². The molecular formula is C16H27NO3. The van der Waals surface area contributed by atoms with Gasteiger partial charge in [-0.1, -0.05) is 0 Å². The fourth-order valence-corrected chi connectivity index (χ4v) is 5.51. The van der Waals surface area contributed by atoms with Crippen LogP contribution in [-0.2, 0) is 4.79 Å². The monoisotopic (exact) mass is 281 g/mol. The third kappa shape index (κ3) is 2.73. The van der Waals surface area contributed by atoms with Gasteiger partial charge in [0.05, 0.1) is 12.5 Å². The summed E-state index contributed by atoms with van der Waals surface area (Å²) in [5.41, 5.74) is 0.414. The Morgan fingerprint density at radius 2 is 1.70 bits per heavy atom. The molecule has 0 spiro atoms. The zero-order valence-electron chi connectivity index (χ0n) is 12.3. The molecule has 0 aromatic carbocycles. The van der Waals surface area contributed by atoms with Crippen LogP contribution in [0, 0.1) is 23.2 Å². The van der Waals surface area contributed by atoms with Crippen molar-refractivity contribution < 1.29 is 15.0 Å². The van der Waals surface area contributed by atoms with Crippen molar-refractivity contribution in [2.24, 2.45) is 23.2 Å². The Bertz CT molecular complexity index is 347. The van der Waals surface area contributed by atoms with Crippen molar-refractivity contribution in [3.05, 3.63) is 0 Å². The summed E-state index contributed by atoms with van der Waals surface area (Å²) >= 11 is 0. The molecule has 20 heavy (non-hydrogen) atoms. The lowest BCUT2D eigenvalue weighted by Gasteiger charge is -2.59. The van der Waals surface area contributed by atoms with Crippen LogP contribution in [0.15, 0.2) is 0 Å². The van der Waals surface area contributed by atoms with Crippen LogP contribution >= 0.6 is 0 Å². The van der Waals surface area contributed by atoms with Crippen LogP contribution in [0.3, 0.4) is 0 Å². The van der Waals surface area contributed by atoms with E-state index >= 15 is 0 Å². The highest BCUT2D eigenvalue weighted by Gasteiger charge is 2.52. The average molecular weight is 281 g/mol. The van der Waals surface area contributed by atoms with Crippen LogP contribution in [0.25, 0.3) is 0 Å². The Hall–Kier alpha value is -0.610. The normalized spacial score (nSPS) is 41.6. The lowest BCUT2D eigenvalue weighted by atomic mass is 9.48. The largest absolute Gasteiger partial charge is 0.481 e. The number of hydrogen-bond donors (Lipinski definition) is 3. The number of nitrogens with one attached hydrogen (secondary N) is 1. The van der Waals surface area contributed by atoms with E-state index in [2.05, 4.69) is 12.2 Å². The molecule has 114 valence electrons. The maximum absolute atomic E-state index is 10.6. The van der Waals surface area contributed by atoms with Crippen LogP contribution in [0.4, 0.5) is 0 Å². The van der Waals surface area contributed by atoms with Crippen molar-refractivity contribution in [1.29, 1.82) is 0 Å². The molecule has 2 atom stereocenters. The van der Waals surface area contributed by atoms with Gasteiger partial charge in [-0.3, -0.25) is 4.79 Å². The van der Waals surface area contributed by atoms with E-state index in [9.17, 15) is 9.90 Å². The lowest BCUT2D eigenvalue weighted by molar-refractivity contribution is -0.139. The van der Waals surface area contributed by atoms with E-state index in [1.165, 1.54) is 38.5 Å². The number of aliphatic carboxylic acids is 1. The van der Waals surface area contributed by atoms with Crippen LogP contribution in [0.2, 0.25) is 0 Å². The molecule has 0 aromatic rings. The van der Waals surface area contributed by atoms with Crippen molar-refractivity contribution in [3.63, 3.8) is 0 Å². The van der Waals surface area contributed by atoms with E-state index < -0.39 is 12.1 Å². The summed E-state index contributed by atoms with van der Waals surface area (Å²) in [5.74, 6) is 1.85. The highest BCUT2D eigenvalue weighted by Crippen LogP contribution is 2.61. The predicted octanol–water partition coefficient (Wildman–Crippen LogP) is 2.02. The molecule has 0 heterocycles. The van der Waals surface area contributed by atoms with Gasteiger partial charge in [0, 0.05) is 12.6 Å². The fraction of sp³-hybridized carbons (Fsp3) is 0.938. The van der Waals surface area contributed by atoms with Crippen molar-refractivity contribution in [2.45, 2.75) is 64.0 Å². The molecule has 4 saturated carbocycles. The number of carboxylic acids is 1. The maximum Gasteiger partial charge on any atom is 0.306 e. The Kier molecular flexibility index (Phi) is 3.80. The Balaban J connectivity index is 1.57. The zero-order chi connectivity index (χ0) is 14.3. The molecule has 0 aromatic heterocycles. The standard InChI is InChI=1S/C16H27NO3/c1-10(17-9-14(18)5-15(19)20)16-6-11-2-12(7-16)4-13(3-11)8-16/h10-14,17-18H,2-9H2,1H3,(H,19,20). The first-order chi connectivity index (χ1) is 9.47. The average Bonchev–Trinajstić information content (AvgIpc) is 2.33. The minimum absolute atomic E-state index is 0.166. The predicted molar refractivity (Wildman–Crippen MR) is 76.3 cm³/mol. The molecule has 4 fully saturated rings. The summed E-state index contributed by atoms with van der Waals surface area (Å²) in [6.07, 6.45) is 7.38. The fourth-order valence-electron chi connectivity index (χ4n) is 5.51. The summed E-state index contributed by atoms with van der Waals surface area (Å²) in [4.78, 5) is 10.6. The lowest BCUT2D eigenvalue weighted by Crippen LogP contribution is -2.55. The molecular weight excluding hydrogens is 254 g/mol. The van der Waals surface area contributed by atoms with E-state index in [0.29, 0.717) is 18.0 Å². The summed E-state index contributed by atoms with van der Waals surface area (Å²) in [6.45, 7) is 2.63. The molecule has 0 amide bonds. The molecule has 4 nitrogen and oxygen atoms in total. The van der Waals surface area contributed by atoms with Gasteiger partial charge >= 0.3 is 5.97 Å². The second-order valence-corrected chi connectivity index (χ2v) is 7.66. The molecule has 4 bridgehead atoms. The van der Waals surface area contributed by atoms with E-state index in [1.807, 2.05) is 0 Å². The van der Waals surface area contributed by atoms with E-state index in [-0.39, 0.29) is 6.42 Å². The van der Waals surface area contributed by atoms with Crippen molar-refractivity contribution in [3.8, 4) is 0 Å². The van der Waals surface area contributed by atoms with Gasteiger partial charge in [-0.05, 0) is 68.6 Å². The van der Waals surface area contributed by atoms with E-state index in [0.717, 1.165) is 17.8 Å². The molecule has 0 radical (unpaired) electrons. The maximum atomic E-state index is 10.6. The van der Waals surface area contributed by atoms with Crippen LogP contribution in [-0.4, -0.2) is 34.9 Å². The highest BCUT2D eigenvalue weighted by atomic mass is 16.4. The number of aliphatic hydroxyl groups excluding tert-OH is 1. The molecule has 0 aliphatic heterocycles. The van der Waals surface area contributed by atoms with Crippen molar-refractivity contribution >= 4 is 5.97 Å². The zero-order valence-corrected chi connectivity index (χ0v) is 12.3. The third-order valence-electron chi connectivity index (χ3n) is 6.07. The second kappa shape index (κ2) is 5.30. The van der Waals surface area contributed by atoms with Gasteiger partial charge in [-0.15, -0.1) is 0 Å². The second-order valence-electron chi connectivity index (χ2n) is 7.66. The van der Waals surface area contributed by atoms with Gasteiger partial charge in [0.2, 0.25) is 0 Å². The molecule has 0 saturated heterocycles. The quantitative estimate of drug-likeness (QED) is 0.696. The molecule has 4 aliphatic rings. The van der Waals surface area contributed by atoms with Gasteiger partial charge < -0.3 is 15.5 Å². The highest BCUT2D eigenvalue weighted by molar-refractivity contribution is 5.67. The van der Waals surface area contributed by atoms with Crippen LogP contribution in [0.1, 0.15) is 51.9 Å². The molecule has 2 unspecified atom stereocenters. The number of hydrogen-bond acceptors (Lipinski definition) is 3. The van der Waals surface area contributed by atoms with Gasteiger partial charge in [-0.2, -0.15) is 0 Å². The number of rotatable bonds is 6. The molecule has 4 heteroatoms. The van der Waals surface area contributed by atoms with E-state index in [1.54, 1.807) is 0 Å². The summed E-state index contributed by atoms with van der Waals surface area (Å²) in [7, 11) is 0.